The fraction of sp³-hybridized carbons (Fsp3) is 0.176. The maximum absolute atomic E-state index is 12.0. The van der Waals surface area contributed by atoms with Gasteiger partial charge in [-0.2, -0.15) is 0 Å². The van der Waals surface area contributed by atoms with Crippen molar-refractivity contribution in [1.82, 2.24) is 0 Å². The summed E-state index contributed by atoms with van der Waals surface area (Å²) >= 11 is 4.89. The van der Waals surface area contributed by atoms with E-state index < -0.39 is 0 Å². The van der Waals surface area contributed by atoms with Crippen molar-refractivity contribution in [3.8, 4) is 5.75 Å². The number of carbonyl (C=O) groups excluding carboxylic acids is 1. The average Bonchev–Trinajstić information content (AvgIpc) is 3.02. The first-order valence-corrected chi connectivity index (χ1v) is 8.83. The number of aromatic hydroxyl groups is 1. The minimum absolute atomic E-state index is 0.0889. The van der Waals surface area contributed by atoms with Crippen molar-refractivity contribution in [2.24, 2.45) is 4.99 Å². The summed E-state index contributed by atoms with van der Waals surface area (Å²) in [6.07, 6.45) is 0. The second kappa shape index (κ2) is 7.19. The number of aliphatic imine (C=N–C) groups is 1. The van der Waals surface area contributed by atoms with E-state index in [4.69, 9.17) is 4.74 Å². The fourth-order valence-electron chi connectivity index (χ4n) is 2.14. The molecule has 4 nitrogen and oxygen atoms in total. The van der Waals surface area contributed by atoms with E-state index in [2.05, 4.69) is 20.9 Å². The lowest BCUT2D eigenvalue weighted by molar-refractivity contribution is 0.0490. The van der Waals surface area contributed by atoms with Gasteiger partial charge >= 0.3 is 5.97 Å². The second-order valence-electron chi connectivity index (χ2n) is 5.02. The highest BCUT2D eigenvalue weighted by Gasteiger charge is 2.22. The summed E-state index contributed by atoms with van der Waals surface area (Å²) in [6.45, 7) is 0.235. The Hall–Kier alpha value is -1.79. The summed E-state index contributed by atoms with van der Waals surface area (Å²) in [5.74, 6) is 0.594. The van der Waals surface area contributed by atoms with Crippen LogP contribution in [0.1, 0.15) is 15.9 Å². The Morgan fingerprint density at radius 2 is 2.00 bits per heavy atom. The molecule has 6 heteroatoms. The summed E-state index contributed by atoms with van der Waals surface area (Å²) < 4.78 is 6.24. The first kappa shape index (κ1) is 16.1. The number of nitrogens with zero attached hydrogens (tertiary/aromatic N) is 1. The van der Waals surface area contributed by atoms with Crippen LogP contribution in [-0.4, -0.2) is 34.5 Å². The molecule has 1 heterocycles. The summed E-state index contributed by atoms with van der Waals surface area (Å²) in [5.41, 5.74) is 1.24. The third-order valence-electron chi connectivity index (χ3n) is 3.33. The lowest BCUT2D eigenvalue weighted by Gasteiger charge is -2.07. The Balaban J connectivity index is 1.60. The number of carbonyl (C=O) groups is 1. The number of hydrogen-bond donors (Lipinski definition) is 1. The molecule has 1 N–H and O–H groups in total. The monoisotopic (exact) mass is 391 g/mol. The zero-order chi connectivity index (χ0) is 16.2. The van der Waals surface area contributed by atoms with Gasteiger partial charge in [-0.15, -0.1) is 11.8 Å². The van der Waals surface area contributed by atoms with Crippen molar-refractivity contribution in [2.75, 3.05) is 12.4 Å². The number of thioether (sulfide) groups is 1. The lowest BCUT2D eigenvalue weighted by atomic mass is 10.2. The molecule has 3 rings (SSSR count). The molecule has 23 heavy (non-hydrogen) atoms. The van der Waals surface area contributed by atoms with Gasteiger partial charge in [-0.1, -0.05) is 28.1 Å². The van der Waals surface area contributed by atoms with Gasteiger partial charge in [0, 0.05) is 15.8 Å². The van der Waals surface area contributed by atoms with Crippen LogP contribution < -0.4 is 0 Å². The van der Waals surface area contributed by atoms with Crippen LogP contribution in [0.2, 0.25) is 0 Å². The molecule has 2 aromatic carbocycles. The number of ether oxygens (including phenoxy) is 1. The molecule has 0 unspecified atom stereocenters. The van der Waals surface area contributed by atoms with Crippen molar-refractivity contribution in [3.05, 3.63) is 64.1 Å². The summed E-state index contributed by atoms with van der Waals surface area (Å²) in [4.78, 5) is 16.5. The van der Waals surface area contributed by atoms with E-state index in [1.165, 1.54) is 0 Å². The smallest absolute Gasteiger partial charge is 0.338 e. The molecule has 0 amide bonds. The van der Waals surface area contributed by atoms with E-state index in [1.807, 2.05) is 12.1 Å². The topological polar surface area (TPSA) is 58.9 Å². The van der Waals surface area contributed by atoms with Crippen molar-refractivity contribution >= 4 is 38.7 Å². The van der Waals surface area contributed by atoms with Gasteiger partial charge in [0.1, 0.15) is 17.4 Å². The SMILES string of the molecule is O=C(OC[C@@H]1CSC(c2ccccc2O)=N1)c1ccc(Br)cc1. The van der Waals surface area contributed by atoms with Crippen molar-refractivity contribution in [3.63, 3.8) is 0 Å². The van der Waals surface area contributed by atoms with Crippen LogP contribution in [-0.2, 0) is 4.74 Å². The van der Waals surface area contributed by atoms with Crippen LogP contribution in [0.3, 0.4) is 0 Å². The minimum Gasteiger partial charge on any atom is -0.507 e. The molecule has 0 fully saturated rings. The average molecular weight is 392 g/mol. The zero-order valence-electron chi connectivity index (χ0n) is 12.1. The predicted molar refractivity (Wildman–Crippen MR) is 95.3 cm³/mol. The third kappa shape index (κ3) is 3.95. The Morgan fingerprint density at radius 1 is 1.26 bits per heavy atom. The summed E-state index contributed by atoms with van der Waals surface area (Å²) in [5, 5.41) is 10.6. The Morgan fingerprint density at radius 3 is 2.74 bits per heavy atom. The minimum atomic E-state index is -0.353. The van der Waals surface area contributed by atoms with Gasteiger partial charge in [0.2, 0.25) is 0 Å². The van der Waals surface area contributed by atoms with Crippen molar-refractivity contribution < 1.29 is 14.6 Å². The number of esters is 1. The zero-order valence-corrected chi connectivity index (χ0v) is 14.5. The predicted octanol–water partition coefficient (Wildman–Crippen LogP) is 3.87. The van der Waals surface area contributed by atoms with Gasteiger partial charge in [0.15, 0.2) is 0 Å². The molecule has 0 radical (unpaired) electrons. The molecule has 0 aromatic heterocycles. The Labute approximate surface area is 146 Å². The fourth-order valence-corrected chi connectivity index (χ4v) is 3.48. The second-order valence-corrected chi connectivity index (χ2v) is 6.95. The number of phenols is 1. The van der Waals surface area contributed by atoms with Crippen LogP contribution in [0.5, 0.6) is 5.75 Å². The Kier molecular flexibility index (Phi) is 5.03. The molecule has 2 aromatic rings. The van der Waals surface area contributed by atoms with Crippen molar-refractivity contribution in [2.45, 2.75) is 6.04 Å². The number of benzene rings is 2. The molecule has 0 spiro atoms. The molecule has 0 saturated heterocycles. The normalized spacial score (nSPS) is 16.9. The van der Waals surface area contributed by atoms with E-state index >= 15 is 0 Å². The van der Waals surface area contributed by atoms with Gasteiger partial charge < -0.3 is 9.84 Å². The van der Waals surface area contributed by atoms with Crippen LogP contribution in [0, 0.1) is 0 Å². The molecule has 1 aliphatic rings. The first-order valence-electron chi connectivity index (χ1n) is 7.05. The highest BCUT2D eigenvalue weighted by Crippen LogP contribution is 2.28. The molecule has 1 aliphatic heterocycles. The van der Waals surface area contributed by atoms with E-state index in [0.717, 1.165) is 20.8 Å². The van der Waals surface area contributed by atoms with Gasteiger partial charge in [-0.3, -0.25) is 4.99 Å². The number of hydrogen-bond acceptors (Lipinski definition) is 5. The van der Waals surface area contributed by atoms with E-state index in [0.29, 0.717) is 5.56 Å². The maximum Gasteiger partial charge on any atom is 0.338 e. The number of phenolic OH excluding ortho intramolecular Hbond substituents is 1. The van der Waals surface area contributed by atoms with Crippen LogP contribution in [0.4, 0.5) is 0 Å². The summed E-state index contributed by atoms with van der Waals surface area (Å²) in [7, 11) is 0. The highest BCUT2D eigenvalue weighted by molar-refractivity contribution is 9.10. The summed E-state index contributed by atoms with van der Waals surface area (Å²) in [6, 6.07) is 14.0. The standard InChI is InChI=1S/C17H14BrNO3S/c18-12-7-5-11(6-8-12)17(21)22-9-13-10-23-16(19-13)14-3-1-2-4-15(14)20/h1-8,13,20H,9-10H2/t13-/m1/s1. The molecule has 0 bridgehead atoms. The molecular formula is C17H14BrNO3S. The largest absolute Gasteiger partial charge is 0.507 e. The molecule has 0 aliphatic carbocycles. The van der Waals surface area contributed by atoms with Gasteiger partial charge in [0.05, 0.1) is 11.6 Å². The van der Waals surface area contributed by atoms with E-state index in [1.54, 1.807) is 48.2 Å². The quantitative estimate of drug-likeness (QED) is 0.803. The van der Waals surface area contributed by atoms with Gasteiger partial charge in [0.25, 0.3) is 0 Å². The molecule has 1 atom stereocenters. The molecular weight excluding hydrogens is 378 g/mol. The number of para-hydroxylation sites is 1. The first-order chi connectivity index (χ1) is 11.1. The number of rotatable bonds is 4. The lowest BCUT2D eigenvalue weighted by Crippen LogP contribution is -2.17. The van der Waals surface area contributed by atoms with Crippen LogP contribution in [0.25, 0.3) is 0 Å². The van der Waals surface area contributed by atoms with Gasteiger partial charge in [-0.25, -0.2) is 4.79 Å². The Bertz CT molecular complexity index is 746. The third-order valence-corrected chi connectivity index (χ3v) is 5.01. The van der Waals surface area contributed by atoms with Crippen LogP contribution >= 0.6 is 27.7 Å². The van der Waals surface area contributed by atoms with E-state index in [-0.39, 0.29) is 24.4 Å². The highest BCUT2D eigenvalue weighted by atomic mass is 79.9. The van der Waals surface area contributed by atoms with Gasteiger partial charge in [-0.05, 0) is 36.4 Å². The van der Waals surface area contributed by atoms with Crippen molar-refractivity contribution in [1.29, 1.82) is 0 Å². The molecule has 118 valence electrons. The number of halogens is 1. The maximum atomic E-state index is 12.0. The van der Waals surface area contributed by atoms with E-state index in [9.17, 15) is 9.90 Å². The molecule has 0 saturated carbocycles. The van der Waals surface area contributed by atoms with Crippen LogP contribution in [0.15, 0.2) is 58.0 Å².